The van der Waals surface area contributed by atoms with Crippen LogP contribution in [-0.4, -0.2) is 54.6 Å². The first kappa shape index (κ1) is 29.3. The number of phenols is 1. The monoisotopic (exact) mass is 586 g/mol. The number of hydrogen-bond donors (Lipinski definition) is 5. The second kappa shape index (κ2) is 9.13. The Bertz CT molecular complexity index is 1710. The zero-order chi connectivity index (χ0) is 31.5. The summed E-state index contributed by atoms with van der Waals surface area (Å²) < 4.78 is 0. The van der Waals surface area contributed by atoms with E-state index in [4.69, 9.17) is 0 Å². The molecular weight excluding hydrogens is 548 g/mol. The topological polar surface area (TPSA) is 152 Å². The summed E-state index contributed by atoms with van der Waals surface area (Å²) in [5, 5.41) is 59.0. The third-order valence-corrected chi connectivity index (χ3v) is 11.2. The first-order chi connectivity index (χ1) is 20.1. The Morgan fingerprint density at radius 1 is 1.00 bits per heavy atom. The SMILES string of the molecule is CC(=O)C1=C(O)[C@]2(O)C(=O)C3=C(O)c4c(O)ccc(-c5ccc6c(c5)CCC6)c4[C@@H](C)[C@]3(C)[C@@H](O)[C@]2(C)C(C(C)C)C1=O. The van der Waals surface area contributed by atoms with Crippen molar-refractivity contribution in [1.29, 1.82) is 0 Å². The fourth-order valence-electron chi connectivity index (χ4n) is 8.98. The molecule has 2 aromatic rings. The van der Waals surface area contributed by atoms with Crippen molar-refractivity contribution in [1.82, 2.24) is 0 Å². The maximum atomic E-state index is 14.6. The predicted octanol–water partition coefficient (Wildman–Crippen LogP) is 4.88. The minimum absolute atomic E-state index is 0.00767. The molecule has 0 aromatic heterocycles. The van der Waals surface area contributed by atoms with Crippen molar-refractivity contribution in [3.05, 3.63) is 69.5 Å². The third kappa shape index (κ3) is 3.31. The number of carbonyl (C=O) groups excluding carboxylic acids is 3. The van der Waals surface area contributed by atoms with E-state index in [1.807, 2.05) is 6.07 Å². The van der Waals surface area contributed by atoms with Gasteiger partial charge in [-0.2, -0.15) is 0 Å². The zero-order valence-corrected chi connectivity index (χ0v) is 25.3. The van der Waals surface area contributed by atoms with E-state index in [1.54, 1.807) is 33.8 Å². The van der Waals surface area contributed by atoms with Crippen molar-refractivity contribution in [2.75, 3.05) is 0 Å². The number of aryl methyl sites for hydroxylation is 2. The quantitative estimate of drug-likeness (QED) is 0.319. The van der Waals surface area contributed by atoms with Crippen LogP contribution in [-0.2, 0) is 27.2 Å². The van der Waals surface area contributed by atoms with E-state index in [0.717, 1.165) is 31.7 Å². The lowest BCUT2D eigenvalue weighted by atomic mass is 9.40. The van der Waals surface area contributed by atoms with Gasteiger partial charge in [0.25, 0.3) is 0 Å². The number of benzene rings is 2. The second-order valence-electron chi connectivity index (χ2n) is 13.6. The van der Waals surface area contributed by atoms with Gasteiger partial charge in [0.1, 0.15) is 22.8 Å². The van der Waals surface area contributed by atoms with E-state index < -0.39 is 74.7 Å². The van der Waals surface area contributed by atoms with Gasteiger partial charge in [-0.15, -0.1) is 0 Å². The summed E-state index contributed by atoms with van der Waals surface area (Å²) in [6.07, 6.45) is 1.35. The van der Waals surface area contributed by atoms with Crippen molar-refractivity contribution in [3.8, 4) is 16.9 Å². The summed E-state index contributed by atoms with van der Waals surface area (Å²) in [4.78, 5) is 41.0. The lowest BCUT2D eigenvalue weighted by Gasteiger charge is -2.63. The summed E-state index contributed by atoms with van der Waals surface area (Å²) in [6.45, 7) is 9.25. The van der Waals surface area contributed by atoms with Crippen LogP contribution in [0.4, 0.5) is 0 Å². The first-order valence-corrected chi connectivity index (χ1v) is 14.9. The molecule has 5 N–H and O–H groups in total. The van der Waals surface area contributed by atoms with Crippen LogP contribution >= 0.6 is 0 Å². The minimum atomic E-state index is -2.90. The normalized spacial score (nSPS) is 33.4. The van der Waals surface area contributed by atoms with E-state index in [1.165, 1.54) is 24.1 Å². The number of phenolic OH excluding ortho intramolecular Hbond substituents is 1. The minimum Gasteiger partial charge on any atom is -0.508 e. The van der Waals surface area contributed by atoms with E-state index >= 15 is 0 Å². The molecule has 0 aliphatic heterocycles. The molecule has 1 unspecified atom stereocenters. The fraction of sp³-hybridized carbons (Fsp3) is 0.457. The largest absolute Gasteiger partial charge is 0.508 e. The predicted molar refractivity (Wildman–Crippen MR) is 159 cm³/mol. The number of aliphatic hydroxyl groups excluding tert-OH is 3. The Morgan fingerprint density at radius 3 is 2.28 bits per heavy atom. The highest BCUT2D eigenvalue weighted by Crippen LogP contribution is 2.68. The summed E-state index contributed by atoms with van der Waals surface area (Å²) in [6, 6.07) is 9.37. The summed E-state index contributed by atoms with van der Waals surface area (Å²) in [5.41, 5.74) is -2.89. The average Bonchev–Trinajstić information content (AvgIpc) is 3.41. The van der Waals surface area contributed by atoms with Gasteiger partial charge in [0.15, 0.2) is 17.2 Å². The Morgan fingerprint density at radius 2 is 1.65 bits per heavy atom. The molecular formula is C35H38O8. The first-order valence-electron chi connectivity index (χ1n) is 14.9. The molecule has 0 saturated heterocycles. The number of aromatic hydroxyl groups is 1. The molecule has 43 heavy (non-hydrogen) atoms. The van der Waals surface area contributed by atoms with Gasteiger partial charge in [0.05, 0.1) is 17.2 Å². The zero-order valence-electron chi connectivity index (χ0n) is 25.3. The van der Waals surface area contributed by atoms with Gasteiger partial charge in [0, 0.05) is 16.7 Å². The van der Waals surface area contributed by atoms with Crippen LogP contribution in [0, 0.1) is 22.7 Å². The van der Waals surface area contributed by atoms with Gasteiger partial charge >= 0.3 is 0 Å². The summed E-state index contributed by atoms with van der Waals surface area (Å²) in [7, 11) is 0. The third-order valence-electron chi connectivity index (χ3n) is 11.2. The number of fused-ring (bicyclic) bond motifs is 4. The second-order valence-corrected chi connectivity index (χ2v) is 13.6. The Kier molecular flexibility index (Phi) is 6.23. The van der Waals surface area contributed by atoms with Crippen LogP contribution in [0.2, 0.25) is 0 Å². The van der Waals surface area contributed by atoms with Crippen molar-refractivity contribution in [2.24, 2.45) is 22.7 Å². The molecule has 8 heteroatoms. The molecule has 0 heterocycles. The highest BCUT2D eigenvalue weighted by Gasteiger charge is 2.77. The number of carbonyl (C=O) groups is 3. The van der Waals surface area contributed by atoms with Crippen LogP contribution in [0.3, 0.4) is 0 Å². The lowest BCUT2D eigenvalue weighted by molar-refractivity contribution is -0.215. The number of hydrogen-bond acceptors (Lipinski definition) is 8. The number of rotatable bonds is 3. The van der Waals surface area contributed by atoms with E-state index in [-0.39, 0.29) is 16.9 Å². The van der Waals surface area contributed by atoms with Gasteiger partial charge in [-0.25, -0.2) is 0 Å². The molecule has 8 nitrogen and oxygen atoms in total. The molecule has 4 aliphatic rings. The van der Waals surface area contributed by atoms with Gasteiger partial charge in [-0.05, 0) is 71.9 Å². The molecule has 226 valence electrons. The van der Waals surface area contributed by atoms with Crippen molar-refractivity contribution in [3.63, 3.8) is 0 Å². The number of ketones is 3. The molecule has 6 rings (SSSR count). The Hall–Kier alpha value is -3.75. The molecule has 0 spiro atoms. The van der Waals surface area contributed by atoms with Crippen molar-refractivity contribution < 1.29 is 39.9 Å². The van der Waals surface area contributed by atoms with Gasteiger partial charge in [-0.3, -0.25) is 14.4 Å². The fourth-order valence-corrected chi connectivity index (χ4v) is 8.98. The van der Waals surface area contributed by atoms with Crippen LogP contribution < -0.4 is 0 Å². The number of allylic oxidation sites excluding steroid dienone is 1. The maximum Gasteiger partial charge on any atom is 0.203 e. The lowest BCUT2D eigenvalue weighted by Crippen LogP contribution is -2.75. The molecule has 4 aliphatic carbocycles. The van der Waals surface area contributed by atoms with Gasteiger partial charge in [-0.1, -0.05) is 58.9 Å². The van der Waals surface area contributed by atoms with Crippen molar-refractivity contribution >= 4 is 23.1 Å². The molecule has 0 amide bonds. The van der Waals surface area contributed by atoms with Crippen LogP contribution in [0.25, 0.3) is 16.9 Å². The number of Topliss-reactive ketones (excluding diaryl/α,β-unsaturated/α-hetero) is 3. The highest BCUT2D eigenvalue weighted by molar-refractivity contribution is 6.24. The standard InChI is InChI=1S/C35H38O8/c1-15(2)26-28(38)24(17(4)36)30(40)35(43)31(41)27-29(39)25-22(37)13-12-21(20-11-10-18-8-7-9-19(18)14-20)23(25)16(3)33(27,5)32(42)34(26,35)6/h10-16,26,32,37,39-40,42-43H,7-9H2,1-6H3/t16-,26?,32-,33+,34+,35+/m1/s1. The molecule has 0 bridgehead atoms. The highest BCUT2D eigenvalue weighted by atomic mass is 16.4. The van der Waals surface area contributed by atoms with Crippen molar-refractivity contribution in [2.45, 2.75) is 78.4 Å². The summed E-state index contributed by atoms with van der Waals surface area (Å²) in [5.74, 6) is -7.20. The van der Waals surface area contributed by atoms with E-state index in [9.17, 15) is 39.9 Å². The summed E-state index contributed by atoms with van der Waals surface area (Å²) >= 11 is 0. The van der Waals surface area contributed by atoms with Gasteiger partial charge < -0.3 is 25.5 Å². The Balaban J connectivity index is 1.69. The Labute approximate surface area is 250 Å². The average molecular weight is 587 g/mol. The van der Waals surface area contributed by atoms with Crippen LogP contribution in [0.15, 0.2) is 47.2 Å². The van der Waals surface area contributed by atoms with Crippen LogP contribution in [0.1, 0.15) is 76.1 Å². The molecule has 2 aromatic carbocycles. The molecule has 6 atom stereocenters. The smallest absolute Gasteiger partial charge is 0.203 e. The number of aliphatic hydroxyl groups is 4. The van der Waals surface area contributed by atoms with Crippen LogP contribution in [0.5, 0.6) is 5.75 Å². The van der Waals surface area contributed by atoms with E-state index in [2.05, 4.69) is 12.1 Å². The van der Waals surface area contributed by atoms with E-state index in [0.29, 0.717) is 11.1 Å². The molecule has 1 fully saturated rings. The molecule has 1 saturated carbocycles. The maximum absolute atomic E-state index is 14.6. The van der Waals surface area contributed by atoms with Gasteiger partial charge in [0.2, 0.25) is 5.78 Å². The molecule has 0 radical (unpaired) electrons.